The predicted octanol–water partition coefficient (Wildman–Crippen LogP) is 9.96. The number of alkyl halides is 3. The average molecular weight is 766 g/mol. The number of hydrogen-bond donors (Lipinski definition) is 2. The molecule has 0 saturated carbocycles. The number of amidine groups is 1. The van der Waals surface area contributed by atoms with E-state index in [-0.39, 0.29) is 28.9 Å². The van der Waals surface area contributed by atoms with Gasteiger partial charge in [0, 0.05) is 25.6 Å². The van der Waals surface area contributed by atoms with E-state index in [1.807, 2.05) is 69.6 Å². The molecular formula is C40H59F4N5O3S. The summed E-state index contributed by atoms with van der Waals surface area (Å²) in [6, 6.07) is 9.62. The number of nitrogens with zero attached hydrogens (tertiary/aromatic N) is 3. The first-order chi connectivity index (χ1) is 25.5. The molecule has 0 unspecified atom stereocenters. The molecule has 2 aromatic carbocycles. The summed E-state index contributed by atoms with van der Waals surface area (Å²) in [5.74, 6) is -1.99. The number of allylic oxidation sites excluding steroid dienone is 2. The number of ether oxygens (including phenoxy) is 2. The summed E-state index contributed by atoms with van der Waals surface area (Å²) in [4.78, 5) is 19.5. The fourth-order valence-corrected chi connectivity index (χ4v) is 6.79. The van der Waals surface area contributed by atoms with Gasteiger partial charge in [-0.3, -0.25) is 4.79 Å². The van der Waals surface area contributed by atoms with Crippen LogP contribution < -0.4 is 15.4 Å². The monoisotopic (exact) mass is 765 g/mol. The zero-order valence-electron chi connectivity index (χ0n) is 32.7. The summed E-state index contributed by atoms with van der Waals surface area (Å²) in [7, 11) is 3.21. The second-order valence-corrected chi connectivity index (χ2v) is 13.2. The second kappa shape index (κ2) is 23.3. The van der Waals surface area contributed by atoms with Crippen LogP contribution in [0.3, 0.4) is 0 Å². The third-order valence-corrected chi connectivity index (χ3v) is 9.66. The van der Waals surface area contributed by atoms with E-state index in [0.717, 1.165) is 43.1 Å². The van der Waals surface area contributed by atoms with E-state index in [2.05, 4.69) is 27.1 Å². The smallest absolute Gasteiger partial charge is 0.421 e. The molecule has 2 aromatic rings. The number of amides is 1. The lowest BCUT2D eigenvalue weighted by molar-refractivity contribution is -0.0932. The summed E-state index contributed by atoms with van der Waals surface area (Å²) in [6.07, 6.45) is 4.59. The molecule has 2 N–H and O–H groups in total. The van der Waals surface area contributed by atoms with Crippen LogP contribution >= 0.6 is 11.9 Å². The van der Waals surface area contributed by atoms with Crippen molar-refractivity contribution >= 4 is 29.4 Å². The molecule has 13 heteroatoms. The molecule has 1 aliphatic heterocycles. The van der Waals surface area contributed by atoms with Crippen LogP contribution in [-0.2, 0) is 11.2 Å². The number of anilines is 1. The van der Waals surface area contributed by atoms with Gasteiger partial charge in [-0.2, -0.15) is 13.2 Å². The molecule has 0 spiro atoms. The first-order valence-corrected chi connectivity index (χ1v) is 19.8. The molecule has 8 nitrogen and oxygen atoms in total. The van der Waals surface area contributed by atoms with Crippen LogP contribution in [0.25, 0.3) is 0 Å². The van der Waals surface area contributed by atoms with Crippen LogP contribution in [0.15, 0.2) is 65.5 Å². The highest BCUT2D eigenvalue weighted by molar-refractivity contribution is 7.96. The molecule has 1 saturated heterocycles. The Morgan fingerprint density at radius 1 is 1.08 bits per heavy atom. The fraction of sp³-hybridized carbons (Fsp3) is 0.550. The minimum Gasteiger partial charge on any atom is -0.495 e. The number of carbonyl (C=O) groups excluding carboxylic acids is 1. The molecule has 1 aliphatic carbocycles. The van der Waals surface area contributed by atoms with Crippen LogP contribution in [0, 0.1) is 5.82 Å². The Labute approximate surface area is 318 Å². The molecular weight excluding hydrogens is 707 g/mol. The number of fused-ring (bicyclic) bond motifs is 1. The maximum Gasteiger partial charge on any atom is 0.421 e. The molecule has 0 aromatic heterocycles. The minimum absolute atomic E-state index is 0.0252. The van der Waals surface area contributed by atoms with Gasteiger partial charge in [0.15, 0.2) is 0 Å². The van der Waals surface area contributed by atoms with Crippen molar-refractivity contribution in [2.24, 2.45) is 4.99 Å². The molecule has 2 aliphatic rings. The van der Waals surface area contributed by atoms with Crippen LogP contribution in [0.4, 0.5) is 23.2 Å². The van der Waals surface area contributed by atoms with Gasteiger partial charge in [-0.25, -0.2) is 13.7 Å². The molecule has 1 fully saturated rings. The van der Waals surface area contributed by atoms with E-state index in [1.165, 1.54) is 57.7 Å². The Morgan fingerprint density at radius 2 is 1.70 bits per heavy atom. The van der Waals surface area contributed by atoms with E-state index in [4.69, 9.17) is 9.47 Å². The molecule has 296 valence electrons. The number of carbonyl (C=O) groups is 1. The van der Waals surface area contributed by atoms with Gasteiger partial charge in [0.05, 0.1) is 24.4 Å². The lowest BCUT2D eigenvalue weighted by Crippen LogP contribution is -2.36. The van der Waals surface area contributed by atoms with Crippen molar-refractivity contribution in [3.8, 4) is 5.75 Å². The molecule has 0 radical (unpaired) electrons. The van der Waals surface area contributed by atoms with Crippen LogP contribution in [0.1, 0.15) is 101 Å². The van der Waals surface area contributed by atoms with E-state index < -0.39 is 35.5 Å². The Balaban J connectivity index is 0.00000235. The van der Waals surface area contributed by atoms with Gasteiger partial charge < -0.3 is 25.0 Å². The van der Waals surface area contributed by atoms with Crippen molar-refractivity contribution in [1.82, 2.24) is 14.5 Å². The summed E-state index contributed by atoms with van der Waals surface area (Å²) < 4.78 is 71.5. The third kappa shape index (κ3) is 13.4. The van der Waals surface area contributed by atoms with E-state index >= 15 is 4.39 Å². The maximum atomic E-state index is 15.3. The first kappa shape index (κ1) is 45.6. The zero-order chi connectivity index (χ0) is 39.6. The normalized spacial score (nSPS) is 18.4. The summed E-state index contributed by atoms with van der Waals surface area (Å²) in [6.45, 7) is 15.8. The predicted molar refractivity (Wildman–Crippen MR) is 211 cm³/mol. The molecule has 53 heavy (non-hydrogen) atoms. The van der Waals surface area contributed by atoms with E-state index in [9.17, 15) is 18.0 Å². The van der Waals surface area contributed by atoms with Crippen LogP contribution in [0.5, 0.6) is 5.75 Å². The zero-order valence-corrected chi connectivity index (χ0v) is 33.5. The van der Waals surface area contributed by atoms with Gasteiger partial charge in [0.2, 0.25) is 5.88 Å². The number of aliphatic imine (C=N–C) groups is 1. The topological polar surface area (TPSA) is 78.4 Å². The minimum atomic E-state index is -4.81. The highest BCUT2D eigenvalue weighted by Crippen LogP contribution is 2.41. The van der Waals surface area contributed by atoms with Gasteiger partial charge >= 0.3 is 6.18 Å². The molecule has 2 atom stereocenters. The van der Waals surface area contributed by atoms with Crippen molar-refractivity contribution in [2.75, 3.05) is 51.9 Å². The molecule has 1 amide bonds. The Morgan fingerprint density at radius 3 is 2.28 bits per heavy atom. The van der Waals surface area contributed by atoms with Crippen LogP contribution in [0.2, 0.25) is 0 Å². The van der Waals surface area contributed by atoms with Gasteiger partial charge in [0.25, 0.3) is 5.91 Å². The summed E-state index contributed by atoms with van der Waals surface area (Å²) in [5.41, 5.74) is 0.662. The lowest BCUT2D eigenvalue weighted by atomic mass is 10.1. The molecule has 0 bridgehead atoms. The van der Waals surface area contributed by atoms with Gasteiger partial charge in [-0.15, -0.1) is 0 Å². The summed E-state index contributed by atoms with van der Waals surface area (Å²) >= 11 is 1.44. The van der Waals surface area contributed by atoms with Gasteiger partial charge in [-0.05, 0) is 63.4 Å². The van der Waals surface area contributed by atoms with Crippen molar-refractivity contribution in [1.29, 1.82) is 0 Å². The number of rotatable bonds is 12. The van der Waals surface area contributed by atoms with Gasteiger partial charge in [-0.1, -0.05) is 102 Å². The quantitative estimate of drug-likeness (QED) is 0.0557. The number of likely N-dealkylation sites (N-methyl/N-ethyl adjacent to an activating group) is 1. The number of nitrogens with one attached hydrogen (secondary N) is 2. The molecule has 4 rings (SSSR count). The number of benzene rings is 2. The van der Waals surface area contributed by atoms with Crippen LogP contribution in [-0.4, -0.2) is 79.8 Å². The third-order valence-electron chi connectivity index (χ3n) is 8.86. The Hall–Kier alpha value is -3.55. The van der Waals surface area contributed by atoms with Gasteiger partial charge in [0.1, 0.15) is 29.1 Å². The van der Waals surface area contributed by atoms with Crippen molar-refractivity contribution < 1.29 is 31.8 Å². The first-order valence-electron chi connectivity index (χ1n) is 18.6. The number of methoxy groups -OCH3 is 1. The summed E-state index contributed by atoms with van der Waals surface area (Å²) in [5, 5.41) is 5.64. The number of halogens is 4. The SMILES string of the molecule is C=C/C(=C(\N=C(/C)Nc1cc(F)c(C(=O)NCCN2CCCCCCCC2)cc1OC)O[C@@H]1Cc2ccccc2[C@H]1N(C)SC)C(F)(F)F.CC.CC. The van der Waals surface area contributed by atoms with Crippen molar-refractivity contribution in [3.05, 3.63) is 83.0 Å². The number of hydrogen-bond acceptors (Lipinski definition) is 7. The standard InChI is InChI=1S/C36H47F4N5O3S.2C2H6/c1-6-28(36(38,39)40)35(48-32-21-25-15-11-12-16-26(25)33(32)44(3)49-5)43-24(2)42-30-23-29(37)27(22-31(30)47-4)34(46)41-17-20-45-18-13-9-7-8-10-14-19-45;2*1-2/h6,11-12,15-16,22-23,32-33H,1,7-10,13-14,17-21H2,2-5H3,(H,41,46)(H,42,43);2*1-2H3/b35-28-;;/t32-,33-;;/m1../s1. The van der Waals surface area contributed by atoms with E-state index in [1.54, 1.807) is 0 Å². The maximum absolute atomic E-state index is 15.3. The average Bonchev–Trinajstić information content (AvgIpc) is 3.56. The van der Waals surface area contributed by atoms with Crippen molar-refractivity contribution in [2.45, 2.75) is 97.9 Å². The Kier molecular flexibility index (Phi) is 20.0. The Bertz CT molecular complexity index is 1510. The largest absolute Gasteiger partial charge is 0.495 e. The van der Waals surface area contributed by atoms with Crippen molar-refractivity contribution in [3.63, 3.8) is 0 Å². The second-order valence-electron chi connectivity index (χ2n) is 12.2. The molecule has 1 heterocycles. The van der Waals surface area contributed by atoms with E-state index in [0.29, 0.717) is 25.6 Å². The highest BCUT2D eigenvalue weighted by Gasteiger charge is 2.41. The highest BCUT2D eigenvalue weighted by atomic mass is 32.2. The lowest BCUT2D eigenvalue weighted by Gasteiger charge is -2.29. The fourth-order valence-electron chi connectivity index (χ4n) is 6.31.